The van der Waals surface area contributed by atoms with Crippen molar-refractivity contribution in [3.8, 4) is 11.6 Å². The maximum atomic E-state index is 13.0. The average molecular weight is 460 g/mol. The Morgan fingerprint density at radius 1 is 1.06 bits per heavy atom. The molecule has 10 heteroatoms. The fraction of sp³-hybridized carbons (Fsp3) is 0.0435. The number of nitrogens with zero attached hydrogens (tertiary/aromatic N) is 3. The third-order valence-electron chi connectivity index (χ3n) is 4.74. The van der Waals surface area contributed by atoms with Gasteiger partial charge in [0, 0.05) is 12.1 Å². The van der Waals surface area contributed by atoms with Crippen molar-refractivity contribution in [3.63, 3.8) is 0 Å². The molecule has 0 unspecified atom stereocenters. The molecule has 1 saturated heterocycles. The van der Waals surface area contributed by atoms with Gasteiger partial charge in [-0.2, -0.15) is 0 Å². The van der Waals surface area contributed by atoms with Crippen LogP contribution in [0.15, 0.2) is 72.4 Å². The molecule has 2 aromatic carbocycles. The molecule has 3 aromatic rings. The maximum absolute atomic E-state index is 13.0. The lowest BCUT2D eigenvalue weighted by Gasteiger charge is -2.29. The molecule has 1 aliphatic heterocycles. The molecule has 1 N–H and O–H groups in total. The largest absolute Gasteiger partial charge is 0.439 e. The van der Waals surface area contributed by atoms with E-state index >= 15 is 0 Å². The van der Waals surface area contributed by atoms with Gasteiger partial charge in [0.1, 0.15) is 17.5 Å². The number of hydrogen-bond acceptors (Lipinski definition) is 7. The summed E-state index contributed by atoms with van der Waals surface area (Å²) in [6.07, 6.45) is 2.57. The molecule has 1 aliphatic rings. The molecule has 164 valence electrons. The Morgan fingerprint density at radius 3 is 2.36 bits per heavy atom. The summed E-state index contributed by atoms with van der Waals surface area (Å²) >= 11 is 5.20. The summed E-state index contributed by atoms with van der Waals surface area (Å²) in [4.78, 5) is 40.8. The second-order valence-corrected chi connectivity index (χ2v) is 7.46. The van der Waals surface area contributed by atoms with Crippen LogP contribution >= 0.6 is 12.2 Å². The lowest BCUT2D eigenvalue weighted by atomic mass is 10.1. The van der Waals surface area contributed by atoms with Crippen molar-refractivity contribution in [2.45, 2.75) is 6.92 Å². The number of amides is 2. The van der Waals surface area contributed by atoms with Gasteiger partial charge < -0.3 is 4.74 Å². The smallest absolute Gasteiger partial charge is 0.287 e. The van der Waals surface area contributed by atoms with E-state index in [0.717, 1.165) is 11.8 Å². The number of pyridine rings is 1. The number of carbonyl (C=O) groups excluding carboxylic acids is 2. The highest BCUT2D eigenvalue weighted by atomic mass is 32.1. The summed E-state index contributed by atoms with van der Waals surface area (Å²) in [5.74, 6) is -0.483. The van der Waals surface area contributed by atoms with Crippen LogP contribution in [0.4, 0.5) is 11.4 Å². The van der Waals surface area contributed by atoms with Crippen LogP contribution in [0, 0.1) is 17.0 Å². The fourth-order valence-electron chi connectivity index (χ4n) is 3.05. The summed E-state index contributed by atoms with van der Waals surface area (Å²) in [6, 6.07) is 16.5. The molecule has 0 atom stereocenters. The minimum Gasteiger partial charge on any atom is -0.439 e. The quantitative estimate of drug-likeness (QED) is 0.202. The van der Waals surface area contributed by atoms with Gasteiger partial charge in [-0.3, -0.25) is 29.9 Å². The molecule has 2 heterocycles. The van der Waals surface area contributed by atoms with Crippen molar-refractivity contribution < 1.29 is 19.2 Å². The zero-order valence-corrected chi connectivity index (χ0v) is 18.0. The van der Waals surface area contributed by atoms with Gasteiger partial charge in [-0.25, -0.2) is 4.98 Å². The van der Waals surface area contributed by atoms with Crippen LogP contribution in [-0.2, 0) is 9.59 Å². The van der Waals surface area contributed by atoms with Crippen LogP contribution in [0.25, 0.3) is 6.08 Å². The van der Waals surface area contributed by atoms with Crippen LogP contribution in [0.2, 0.25) is 0 Å². The number of benzene rings is 2. The first-order chi connectivity index (χ1) is 15.8. The van der Waals surface area contributed by atoms with E-state index in [4.69, 9.17) is 17.0 Å². The Hall–Kier alpha value is -4.44. The van der Waals surface area contributed by atoms with Crippen molar-refractivity contribution in [2.75, 3.05) is 4.90 Å². The van der Waals surface area contributed by atoms with Crippen molar-refractivity contribution in [1.82, 2.24) is 10.3 Å². The molecular formula is C23H16N4O5S. The Bertz CT molecular complexity index is 1290. The van der Waals surface area contributed by atoms with Crippen molar-refractivity contribution in [1.29, 1.82) is 0 Å². The van der Waals surface area contributed by atoms with Gasteiger partial charge in [0.2, 0.25) is 5.88 Å². The molecule has 0 spiro atoms. The van der Waals surface area contributed by atoms with Gasteiger partial charge in [-0.1, -0.05) is 29.8 Å². The van der Waals surface area contributed by atoms with Crippen LogP contribution < -0.4 is 15.0 Å². The molecule has 1 fully saturated rings. The Balaban J connectivity index is 1.54. The Labute approximate surface area is 193 Å². The molecular weight excluding hydrogens is 444 g/mol. The lowest BCUT2D eigenvalue weighted by molar-refractivity contribution is -0.385. The molecule has 0 aliphatic carbocycles. The molecule has 9 nitrogen and oxygen atoms in total. The number of carbonyl (C=O) groups is 2. The minimum atomic E-state index is -0.580. The normalized spacial score (nSPS) is 14.9. The van der Waals surface area contributed by atoms with Gasteiger partial charge in [0.25, 0.3) is 17.5 Å². The number of thiocarbonyl (C=S) groups is 1. The van der Waals surface area contributed by atoms with Gasteiger partial charge in [0.05, 0.1) is 10.6 Å². The molecule has 0 radical (unpaired) electrons. The highest BCUT2D eigenvalue weighted by molar-refractivity contribution is 7.80. The molecule has 1 aromatic heterocycles. The standard InChI is InChI=1S/C23H16N4O5S/c1-14-2-6-16(7-3-14)26-22(29)19(21(28)25-23(26)33)12-15-4-9-18(10-5-15)32-20-11-8-17(13-24-20)27(30)31/h2-13H,1H3,(H,25,28,33)/b19-12+. The van der Waals surface area contributed by atoms with E-state index in [1.165, 1.54) is 23.1 Å². The molecule has 33 heavy (non-hydrogen) atoms. The number of hydrogen-bond donors (Lipinski definition) is 1. The zero-order chi connectivity index (χ0) is 23.5. The summed E-state index contributed by atoms with van der Waals surface area (Å²) < 4.78 is 5.57. The van der Waals surface area contributed by atoms with Crippen molar-refractivity contribution >= 4 is 46.6 Å². The second-order valence-electron chi connectivity index (χ2n) is 7.08. The highest BCUT2D eigenvalue weighted by Crippen LogP contribution is 2.25. The maximum Gasteiger partial charge on any atom is 0.287 e. The molecule has 2 amide bonds. The first-order valence-corrected chi connectivity index (χ1v) is 10.1. The Morgan fingerprint density at radius 2 is 1.76 bits per heavy atom. The monoisotopic (exact) mass is 460 g/mol. The number of nitro groups is 1. The van der Waals surface area contributed by atoms with E-state index in [1.54, 1.807) is 36.4 Å². The van der Waals surface area contributed by atoms with Crippen molar-refractivity contribution in [3.05, 3.63) is 93.7 Å². The number of nitrogens with one attached hydrogen (secondary N) is 1. The molecule has 0 saturated carbocycles. The predicted octanol–water partition coefficient (Wildman–Crippen LogP) is 3.92. The molecule has 0 bridgehead atoms. The highest BCUT2D eigenvalue weighted by Gasteiger charge is 2.34. The lowest BCUT2D eigenvalue weighted by Crippen LogP contribution is -2.54. The van der Waals surface area contributed by atoms with E-state index in [9.17, 15) is 19.7 Å². The van der Waals surface area contributed by atoms with E-state index in [0.29, 0.717) is 17.0 Å². The van der Waals surface area contributed by atoms with E-state index in [1.807, 2.05) is 19.1 Å². The predicted molar refractivity (Wildman–Crippen MR) is 125 cm³/mol. The van der Waals surface area contributed by atoms with Crippen LogP contribution in [-0.4, -0.2) is 26.8 Å². The Kier molecular flexibility index (Phi) is 5.92. The van der Waals surface area contributed by atoms with Gasteiger partial charge in [-0.15, -0.1) is 0 Å². The van der Waals surface area contributed by atoms with Crippen LogP contribution in [0.3, 0.4) is 0 Å². The van der Waals surface area contributed by atoms with E-state index in [2.05, 4.69) is 10.3 Å². The first-order valence-electron chi connectivity index (χ1n) is 9.68. The van der Waals surface area contributed by atoms with Crippen LogP contribution in [0.5, 0.6) is 11.6 Å². The van der Waals surface area contributed by atoms with Gasteiger partial charge in [0.15, 0.2) is 5.11 Å². The zero-order valence-electron chi connectivity index (χ0n) is 17.2. The summed E-state index contributed by atoms with van der Waals surface area (Å²) in [5, 5.41) is 13.3. The number of ether oxygens (including phenoxy) is 1. The third-order valence-corrected chi connectivity index (χ3v) is 5.02. The average Bonchev–Trinajstić information content (AvgIpc) is 2.79. The number of anilines is 1. The summed E-state index contributed by atoms with van der Waals surface area (Å²) in [6.45, 7) is 1.93. The van der Waals surface area contributed by atoms with E-state index < -0.39 is 16.7 Å². The van der Waals surface area contributed by atoms with Gasteiger partial charge in [-0.05, 0) is 55.0 Å². The summed E-state index contributed by atoms with van der Waals surface area (Å²) in [5.41, 5.74) is 1.98. The number of rotatable bonds is 5. The fourth-order valence-corrected chi connectivity index (χ4v) is 3.33. The van der Waals surface area contributed by atoms with Crippen molar-refractivity contribution in [2.24, 2.45) is 0 Å². The SMILES string of the molecule is Cc1ccc(N2C(=O)/C(=C/c3ccc(Oc4ccc([N+](=O)[O-])cn4)cc3)C(=O)NC2=S)cc1. The second kappa shape index (κ2) is 8.97. The number of aromatic nitrogens is 1. The topological polar surface area (TPSA) is 115 Å². The summed E-state index contributed by atoms with van der Waals surface area (Å²) in [7, 11) is 0. The molecule has 4 rings (SSSR count). The number of aryl methyl sites for hydroxylation is 1. The van der Waals surface area contributed by atoms with Gasteiger partial charge >= 0.3 is 0 Å². The first kappa shape index (κ1) is 21.8. The van der Waals surface area contributed by atoms with E-state index in [-0.39, 0.29) is 22.3 Å². The third kappa shape index (κ3) is 4.75. The minimum absolute atomic E-state index is 0.0188. The van der Waals surface area contributed by atoms with Crippen LogP contribution in [0.1, 0.15) is 11.1 Å².